The minimum Gasteiger partial charge on any atom is -0.493 e. The van der Waals surface area contributed by atoms with Gasteiger partial charge in [-0.05, 0) is 55.6 Å². The van der Waals surface area contributed by atoms with Crippen LogP contribution in [0.15, 0.2) is 27.6 Å². The molecule has 4 rings (SSSR count). The molecule has 0 N–H and O–H groups in total. The summed E-state index contributed by atoms with van der Waals surface area (Å²) >= 11 is 0. The van der Waals surface area contributed by atoms with Crippen molar-refractivity contribution >= 4 is 15.9 Å². The van der Waals surface area contributed by atoms with E-state index in [4.69, 9.17) is 9.26 Å². The molecule has 170 valence electrons. The molecule has 1 aliphatic heterocycles. The third-order valence-corrected chi connectivity index (χ3v) is 7.53. The number of ether oxygens (including phenoxy) is 1. The SMILES string of the molecule is CC(C)c1noc(N2CCC(C3CC3CCOc3ccc(S(C)(=O)=O)c(F)c3)CC2)n1. The first-order chi connectivity index (χ1) is 14.7. The monoisotopic (exact) mass is 451 g/mol. The van der Waals surface area contributed by atoms with Gasteiger partial charge in [0.15, 0.2) is 15.7 Å². The summed E-state index contributed by atoms with van der Waals surface area (Å²) in [6.45, 7) is 6.50. The molecule has 2 atom stereocenters. The lowest BCUT2D eigenvalue weighted by molar-refractivity contribution is 0.281. The fourth-order valence-electron chi connectivity index (χ4n) is 4.49. The van der Waals surface area contributed by atoms with Gasteiger partial charge in [-0.1, -0.05) is 19.0 Å². The Bertz CT molecular complexity index is 1020. The number of anilines is 1. The third kappa shape index (κ3) is 5.19. The van der Waals surface area contributed by atoms with Crippen LogP contribution in [-0.2, 0) is 9.84 Å². The number of piperidine rings is 1. The fraction of sp³-hybridized carbons (Fsp3) is 0.636. The molecule has 1 aromatic carbocycles. The highest BCUT2D eigenvalue weighted by Crippen LogP contribution is 2.50. The standard InChI is InChI=1S/C22H30FN3O4S/c1-14(2)21-24-22(30-25-21)26-9-6-15(7-10-26)18-12-16(18)8-11-29-17-4-5-20(19(23)13-17)31(3,27)28/h4-5,13-16,18H,6-12H2,1-3H3. The van der Waals surface area contributed by atoms with Gasteiger partial charge >= 0.3 is 6.01 Å². The molecular weight excluding hydrogens is 421 g/mol. The second kappa shape index (κ2) is 8.76. The van der Waals surface area contributed by atoms with Crippen LogP contribution in [0, 0.1) is 23.6 Å². The van der Waals surface area contributed by atoms with Crippen molar-refractivity contribution in [2.75, 3.05) is 30.9 Å². The zero-order valence-electron chi connectivity index (χ0n) is 18.3. The number of nitrogens with zero attached hydrogens (tertiary/aromatic N) is 3. The summed E-state index contributed by atoms with van der Waals surface area (Å²) in [5, 5.41) is 4.06. The van der Waals surface area contributed by atoms with Crippen LogP contribution in [0.5, 0.6) is 5.75 Å². The van der Waals surface area contributed by atoms with Crippen LogP contribution in [-0.4, -0.2) is 44.5 Å². The lowest BCUT2D eigenvalue weighted by Crippen LogP contribution is -2.34. The van der Waals surface area contributed by atoms with Gasteiger partial charge < -0.3 is 14.2 Å². The number of hydrogen-bond donors (Lipinski definition) is 0. The lowest BCUT2D eigenvalue weighted by Gasteiger charge is -2.30. The minimum absolute atomic E-state index is 0.263. The van der Waals surface area contributed by atoms with E-state index in [2.05, 4.69) is 28.9 Å². The number of benzene rings is 1. The first-order valence-corrected chi connectivity index (χ1v) is 12.8. The van der Waals surface area contributed by atoms with E-state index in [0.29, 0.717) is 30.2 Å². The molecule has 0 bridgehead atoms. The van der Waals surface area contributed by atoms with Crippen molar-refractivity contribution in [3.63, 3.8) is 0 Å². The van der Waals surface area contributed by atoms with Crippen molar-refractivity contribution in [1.29, 1.82) is 0 Å². The van der Waals surface area contributed by atoms with Gasteiger partial charge in [-0.15, -0.1) is 0 Å². The third-order valence-electron chi connectivity index (χ3n) is 6.40. The second-order valence-electron chi connectivity index (χ2n) is 9.08. The Morgan fingerprint density at radius 1 is 1.29 bits per heavy atom. The minimum atomic E-state index is -3.57. The molecule has 2 heterocycles. The Kier molecular flexibility index (Phi) is 6.23. The zero-order chi connectivity index (χ0) is 22.2. The van der Waals surface area contributed by atoms with Gasteiger partial charge in [0.1, 0.15) is 16.5 Å². The quantitative estimate of drug-likeness (QED) is 0.598. The molecule has 0 spiro atoms. The fourth-order valence-corrected chi connectivity index (χ4v) is 5.22. The molecule has 2 unspecified atom stereocenters. The van der Waals surface area contributed by atoms with Crippen LogP contribution in [0.4, 0.5) is 10.4 Å². The lowest BCUT2D eigenvalue weighted by atomic mass is 9.90. The van der Waals surface area contributed by atoms with E-state index in [1.165, 1.54) is 18.6 Å². The average Bonchev–Trinajstić information content (AvgIpc) is 3.30. The second-order valence-corrected chi connectivity index (χ2v) is 11.1. The van der Waals surface area contributed by atoms with Crippen molar-refractivity contribution in [2.24, 2.45) is 17.8 Å². The summed E-state index contributed by atoms with van der Waals surface area (Å²) in [5.74, 6) is 2.70. The van der Waals surface area contributed by atoms with E-state index in [9.17, 15) is 12.8 Å². The van der Waals surface area contributed by atoms with Gasteiger partial charge in [-0.2, -0.15) is 4.98 Å². The number of hydrogen-bond acceptors (Lipinski definition) is 7. The van der Waals surface area contributed by atoms with Gasteiger partial charge in [0, 0.05) is 31.3 Å². The zero-order valence-corrected chi connectivity index (χ0v) is 19.1. The van der Waals surface area contributed by atoms with Crippen LogP contribution in [0.3, 0.4) is 0 Å². The summed E-state index contributed by atoms with van der Waals surface area (Å²) in [7, 11) is -3.57. The highest BCUT2D eigenvalue weighted by atomic mass is 32.2. The highest BCUT2D eigenvalue weighted by molar-refractivity contribution is 7.90. The average molecular weight is 452 g/mol. The van der Waals surface area contributed by atoms with Crippen LogP contribution >= 0.6 is 0 Å². The Balaban J connectivity index is 1.20. The van der Waals surface area contributed by atoms with Crippen molar-refractivity contribution in [1.82, 2.24) is 10.1 Å². The van der Waals surface area contributed by atoms with Crippen molar-refractivity contribution in [3.8, 4) is 5.75 Å². The molecule has 1 aliphatic carbocycles. The maximum absolute atomic E-state index is 14.0. The van der Waals surface area contributed by atoms with Gasteiger partial charge in [-0.25, -0.2) is 12.8 Å². The van der Waals surface area contributed by atoms with Crippen molar-refractivity contribution in [3.05, 3.63) is 29.8 Å². The summed E-state index contributed by atoms with van der Waals surface area (Å²) in [6, 6.07) is 4.57. The molecule has 31 heavy (non-hydrogen) atoms. The Morgan fingerprint density at radius 2 is 2.03 bits per heavy atom. The molecule has 0 amide bonds. The van der Waals surface area contributed by atoms with Crippen molar-refractivity contribution < 1.29 is 22.1 Å². The predicted molar refractivity (Wildman–Crippen MR) is 115 cm³/mol. The van der Waals surface area contributed by atoms with Crippen LogP contribution in [0.25, 0.3) is 0 Å². The molecule has 1 aromatic heterocycles. The largest absolute Gasteiger partial charge is 0.493 e. The van der Waals surface area contributed by atoms with Gasteiger partial charge in [0.25, 0.3) is 0 Å². The van der Waals surface area contributed by atoms with Crippen LogP contribution in [0.1, 0.15) is 51.3 Å². The number of aromatic nitrogens is 2. The molecule has 1 saturated carbocycles. The topological polar surface area (TPSA) is 85.5 Å². The summed E-state index contributed by atoms with van der Waals surface area (Å²) < 4.78 is 48.0. The normalized spacial score (nSPS) is 22.2. The Hall–Kier alpha value is -2.16. The molecule has 2 aromatic rings. The van der Waals surface area contributed by atoms with E-state index in [1.54, 1.807) is 0 Å². The molecular formula is C22H30FN3O4S. The maximum Gasteiger partial charge on any atom is 0.324 e. The smallest absolute Gasteiger partial charge is 0.324 e. The van der Waals surface area contributed by atoms with Gasteiger partial charge in [0.2, 0.25) is 0 Å². The number of sulfone groups is 1. The molecule has 9 heteroatoms. The molecule has 0 radical (unpaired) electrons. The van der Waals surface area contributed by atoms with Gasteiger partial charge in [0.05, 0.1) is 6.61 Å². The van der Waals surface area contributed by atoms with Crippen LogP contribution < -0.4 is 9.64 Å². The van der Waals surface area contributed by atoms with E-state index >= 15 is 0 Å². The highest BCUT2D eigenvalue weighted by Gasteiger charge is 2.43. The maximum atomic E-state index is 14.0. The predicted octanol–water partition coefficient (Wildman–Crippen LogP) is 4.06. The van der Waals surface area contributed by atoms with Gasteiger partial charge in [-0.3, -0.25) is 0 Å². The Labute approximate surface area is 182 Å². The number of halogens is 1. The molecule has 2 fully saturated rings. The summed E-state index contributed by atoms with van der Waals surface area (Å²) in [5.41, 5.74) is 0. The summed E-state index contributed by atoms with van der Waals surface area (Å²) in [6.07, 6.45) is 5.39. The van der Waals surface area contributed by atoms with Crippen LogP contribution in [0.2, 0.25) is 0 Å². The summed E-state index contributed by atoms with van der Waals surface area (Å²) in [4.78, 5) is 6.39. The first-order valence-electron chi connectivity index (χ1n) is 10.9. The van der Waals surface area contributed by atoms with E-state index in [-0.39, 0.29) is 10.8 Å². The first kappa shape index (κ1) is 22.0. The van der Waals surface area contributed by atoms with E-state index in [0.717, 1.165) is 56.4 Å². The van der Waals surface area contributed by atoms with E-state index in [1.807, 2.05) is 0 Å². The number of rotatable bonds is 8. The molecule has 7 nitrogen and oxygen atoms in total. The molecule has 1 saturated heterocycles. The van der Waals surface area contributed by atoms with Crippen molar-refractivity contribution in [2.45, 2.75) is 50.3 Å². The van der Waals surface area contributed by atoms with E-state index < -0.39 is 15.7 Å². The Morgan fingerprint density at radius 3 is 2.65 bits per heavy atom. The molecule has 2 aliphatic rings.